The minimum atomic E-state index is -0.0430. The Hall–Kier alpha value is -2.47. The van der Waals surface area contributed by atoms with Gasteiger partial charge in [-0.15, -0.1) is 11.3 Å². The van der Waals surface area contributed by atoms with Gasteiger partial charge in [-0.1, -0.05) is 30.3 Å². The van der Waals surface area contributed by atoms with E-state index in [0.29, 0.717) is 11.4 Å². The second-order valence-electron chi connectivity index (χ2n) is 6.46. The molecule has 26 heavy (non-hydrogen) atoms. The van der Waals surface area contributed by atoms with Crippen LogP contribution in [-0.4, -0.2) is 27.2 Å². The zero-order valence-corrected chi connectivity index (χ0v) is 16.5. The number of amides is 1. The number of nitrogens with zero attached hydrogens (tertiary/aromatic N) is 3. The highest BCUT2D eigenvalue weighted by Crippen LogP contribution is 2.21. The van der Waals surface area contributed by atoms with Crippen molar-refractivity contribution in [3.05, 3.63) is 68.4 Å². The SMILES string of the molecule is Cc1nc(Cc2ccccc2)sc1C(=O)NCCc1c(C)nn(C)c1C. The summed E-state index contributed by atoms with van der Waals surface area (Å²) >= 11 is 1.48. The Kier molecular flexibility index (Phi) is 5.52. The highest BCUT2D eigenvalue weighted by molar-refractivity contribution is 7.13. The number of benzene rings is 1. The summed E-state index contributed by atoms with van der Waals surface area (Å²) in [7, 11) is 1.94. The summed E-state index contributed by atoms with van der Waals surface area (Å²) in [5, 5.41) is 8.41. The van der Waals surface area contributed by atoms with Crippen molar-refractivity contribution in [3.8, 4) is 0 Å². The quantitative estimate of drug-likeness (QED) is 0.726. The highest BCUT2D eigenvalue weighted by Gasteiger charge is 2.16. The van der Waals surface area contributed by atoms with Crippen LogP contribution in [0.5, 0.6) is 0 Å². The molecule has 3 rings (SSSR count). The van der Waals surface area contributed by atoms with E-state index in [1.807, 2.05) is 43.8 Å². The first-order chi connectivity index (χ1) is 12.5. The second kappa shape index (κ2) is 7.83. The van der Waals surface area contributed by atoms with Gasteiger partial charge in [-0.3, -0.25) is 9.48 Å². The molecule has 0 saturated carbocycles. The Morgan fingerprint density at radius 1 is 1.15 bits per heavy atom. The molecule has 136 valence electrons. The van der Waals surface area contributed by atoms with Gasteiger partial charge in [0.1, 0.15) is 4.88 Å². The fraction of sp³-hybridized carbons (Fsp3) is 0.350. The van der Waals surface area contributed by atoms with Gasteiger partial charge in [0.05, 0.1) is 16.4 Å². The van der Waals surface area contributed by atoms with Crippen LogP contribution in [0.1, 0.15) is 42.9 Å². The lowest BCUT2D eigenvalue weighted by Crippen LogP contribution is -2.25. The monoisotopic (exact) mass is 368 g/mol. The molecule has 1 aromatic carbocycles. The Balaban J connectivity index is 1.61. The molecule has 0 bridgehead atoms. The minimum absolute atomic E-state index is 0.0430. The van der Waals surface area contributed by atoms with Crippen molar-refractivity contribution in [2.45, 2.75) is 33.6 Å². The highest BCUT2D eigenvalue weighted by atomic mass is 32.1. The fourth-order valence-electron chi connectivity index (χ4n) is 3.07. The van der Waals surface area contributed by atoms with Crippen molar-refractivity contribution in [1.82, 2.24) is 20.1 Å². The fourth-order valence-corrected chi connectivity index (χ4v) is 4.08. The molecule has 6 heteroatoms. The lowest BCUT2D eigenvalue weighted by atomic mass is 10.1. The van der Waals surface area contributed by atoms with Crippen molar-refractivity contribution < 1.29 is 4.79 Å². The summed E-state index contributed by atoms with van der Waals surface area (Å²) in [6.45, 7) is 6.56. The lowest BCUT2D eigenvalue weighted by Gasteiger charge is -2.05. The van der Waals surface area contributed by atoms with E-state index in [-0.39, 0.29) is 5.91 Å². The molecule has 2 heterocycles. The lowest BCUT2D eigenvalue weighted by molar-refractivity contribution is 0.0957. The molecular weight excluding hydrogens is 344 g/mol. The van der Waals surface area contributed by atoms with Gasteiger partial charge >= 0.3 is 0 Å². The van der Waals surface area contributed by atoms with Gasteiger partial charge in [0.2, 0.25) is 0 Å². The molecule has 0 aliphatic rings. The Morgan fingerprint density at radius 3 is 2.54 bits per heavy atom. The number of hydrogen-bond acceptors (Lipinski definition) is 4. The maximum absolute atomic E-state index is 12.5. The largest absolute Gasteiger partial charge is 0.351 e. The van der Waals surface area contributed by atoms with Crippen LogP contribution < -0.4 is 5.32 Å². The average Bonchev–Trinajstić information content (AvgIpc) is 3.09. The molecule has 0 unspecified atom stereocenters. The van der Waals surface area contributed by atoms with Crippen LogP contribution in [0, 0.1) is 20.8 Å². The standard InChI is InChI=1S/C20H24N4OS/c1-13-17(15(3)24(4)23-13)10-11-21-20(25)19-14(2)22-18(26-19)12-16-8-6-5-7-9-16/h5-9H,10-12H2,1-4H3,(H,21,25). The third kappa shape index (κ3) is 4.02. The number of rotatable bonds is 6. The summed E-state index contributed by atoms with van der Waals surface area (Å²) in [5.74, 6) is -0.0430. The van der Waals surface area contributed by atoms with Crippen LogP contribution in [0.4, 0.5) is 0 Å². The first kappa shape index (κ1) is 18.3. The Bertz CT molecular complexity index is 912. The van der Waals surface area contributed by atoms with Crippen LogP contribution in [-0.2, 0) is 19.9 Å². The summed E-state index contributed by atoms with van der Waals surface area (Å²) in [6.07, 6.45) is 1.54. The van der Waals surface area contributed by atoms with Crippen LogP contribution in [0.25, 0.3) is 0 Å². The third-order valence-corrected chi connectivity index (χ3v) is 5.72. The summed E-state index contributed by atoms with van der Waals surface area (Å²) in [6, 6.07) is 10.2. The van der Waals surface area contributed by atoms with Gasteiger partial charge in [0.25, 0.3) is 5.91 Å². The van der Waals surface area contributed by atoms with E-state index in [4.69, 9.17) is 0 Å². The maximum Gasteiger partial charge on any atom is 0.263 e. The molecule has 0 aliphatic heterocycles. The van der Waals surface area contributed by atoms with Crippen LogP contribution in [0.15, 0.2) is 30.3 Å². The van der Waals surface area contributed by atoms with E-state index in [1.165, 1.54) is 22.5 Å². The molecule has 0 spiro atoms. The normalized spacial score (nSPS) is 10.9. The van der Waals surface area contributed by atoms with Crippen LogP contribution in [0.3, 0.4) is 0 Å². The van der Waals surface area contributed by atoms with Crippen molar-refractivity contribution >= 4 is 17.2 Å². The first-order valence-corrected chi connectivity index (χ1v) is 9.55. The second-order valence-corrected chi connectivity index (χ2v) is 7.55. The van der Waals surface area contributed by atoms with Gasteiger partial charge in [0.15, 0.2) is 0 Å². The van der Waals surface area contributed by atoms with Gasteiger partial charge in [0, 0.05) is 25.7 Å². The Labute approximate surface area is 158 Å². The molecule has 0 aliphatic carbocycles. The van der Waals surface area contributed by atoms with E-state index in [9.17, 15) is 4.79 Å². The molecule has 2 aromatic heterocycles. The van der Waals surface area contributed by atoms with Crippen molar-refractivity contribution in [2.24, 2.45) is 7.05 Å². The Morgan fingerprint density at radius 2 is 1.88 bits per heavy atom. The zero-order valence-electron chi connectivity index (χ0n) is 15.7. The summed E-state index contributed by atoms with van der Waals surface area (Å²) in [4.78, 5) is 17.8. The van der Waals surface area contributed by atoms with Crippen molar-refractivity contribution in [3.63, 3.8) is 0 Å². The number of hydrogen-bond donors (Lipinski definition) is 1. The first-order valence-electron chi connectivity index (χ1n) is 8.73. The minimum Gasteiger partial charge on any atom is -0.351 e. The van der Waals surface area contributed by atoms with Gasteiger partial charge in [-0.25, -0.2) is 4.98 Å². The molecule has 0 saturated heterocycles. The number of carbonyl (C=O) groups is 1. The molecule has 1 N–H and O–H groups in total. The zero-order chi connectivity index (χ0) is 18.7. The van der Waals surface area contributed by atoms with E-state index in [0.717, 1.165) is 34.9 Å². The number of aryl methyl sites for hydroxylation is 3. The number of nitrogens with one attached hydrogen (secondary N) is 1. The van der Waals surface area contributed by atoms with Crippen molar-refractivity contribution in [1.29, 1.82) is 0 Å². The van der Waals surface area contributed by atoms with Gasteiger partial charge in [-0.05, 0) is 38.3 Å². The van der Waals surface area contributed by atoms with E-state index >= 15 is 0 Å². The molecule has 0 radical (unpaired) electrons. The smallest absolute Gasteiger partial charge is 0.263 e. The van der Waals surface area contributed by atoms with Crippen LogP contribution >= 0.6 is 11.3 Å². The number of aromatic nitrogens is 3. The molecule has 0 atom stereocenters. The molecule has 1 amide bonds. The van der Waals surface area contributed by atoms with Gasteiger partial charge < -0.3 is 5.32 Å². The summed E-state index contributed by atoms with van der Waals surface area (Å²) < 4.78 is 1.88. The van der Waals surface area contributed by atoms with Crippen molar-refractivity contribution in [2.75, 3.05) is 6.54 Å². The third-order valence-electron chi connectivity index (χ3n) is 4.56. The molecular formula is C20H24N4OS. The molecule has 0 fully saturated rings. The topological polar surface area (TPSA) is 59.8 Å². The molecule has 5 nitrogen and oxygen atoms in total. The summed E-state index contributed by atoms with van der Waals surface area (Å²) in [5.41, 5.74) is 5.38. The number of carbonyl (C=O) groups excluding carboxylic acids is 1. The maximum atomic E-state index is 12.5. The average molecular weight is 369 g/mol. The molecule has 3 aromatic rings. The predicted molar refractivity (Wildman–Crippen MR) is 105 cm³/mol. The van der Waals surface area contributed by atoms with E-state index < -0.39 is 0 Å². The number of thiazole rings is 1. The predicted octanol–water partition coefficient (Wildman–Crippen LogP) is 3.37. The van der Waals surface area contributed by atoms with Gasteiger partial charge in [-0.2, -0.15) is 5.10 Å². The van der Waals surface area contributed by atoms with E-state index in [1.54, 1.807) is 0 Å². The van der Waals surface area contributed by atoms with Crippen LogP contribution in [0.2, 0.25) is 0 Å². The van der Waals surface area contributed by atoms with E-state index in [2.05, 4.69) is 34.5 Å².